The van der Waals surface area contributed by atoms with Gasteiger partial charge in [0.2, 0.25) is 0 Å². The second kappa shape index (κ2) is 6.41. The van der Waals surface area contributed by atoms with Crippen molar-refractivity contribution < 1.29 is 4.74 Å². The summed E-state index contributed by atoms with van der Waals surface area (Å²) in [6.45, 7) is 4.85. The zero-order chi connectivity index (χ0) is 11.2. The highest BCUT2D eigenvalue weighted by atomic mass is 16.5. The van der Waals surface area contributed by atoms with Gasteiger partial charge in [-0.15, -0.1) is 0 Å². The van der Waals surface area contributed by atoms with Crippen molar-refractivity contribution in [2.45, 2.75) is 32.1 Å². The Kier molecular flexibility index (Phi) is 4.86. The molecular weight excluding hydrogens is 198 g/mol. The molecule has 1 heterocycles. The lowest BCUT2D eigenvalue weighted by atomic mass is 9.92. The predicted octanol–water partition coefficient (Wildman–Crippen LogP) is 2.70. The summed E-state index contributed by atoms with van der Waals surface area (Å²) >= 11 is 0. The van der Waals surface area contributed by atoms with E-state index in [2.05, 4.69) is 17.1 Å². The smallest absolute Gasteiger partial charge is 0.0491 e. The molecule has 0 bridgehead atoms. The monoisotopic (exact) mass is 223 g/mol. The van der Waals surface area contributed by atoms with Gasteiger partial charge in [0, 0.05) is 20.3 Å². The Morgan fingerprint density at radius 2 is 1.94 bits per heavy atom. The lowest BCUT2D eigenvalue weighted by molar-refractivity contribution is 0.0916. The highest BCUT2D eigenvalue weighted by Crippen LogP contribution is 2.23. The summed E-state index contributed by atoms with van der Waals surface area (Å²) in [7, 11) is 1.82. The van der Waals surface area contributed by atoms with Crippen molar-refractivity contribution >= 4 is 0 Å². The first-order valence-corrected chi connectivity index (χ1v) is 6.74. The number of ether oxygens (including phenoxy) is 1. The number of piperidine rings is 1. The largest absolute Gasteiger partial charge is 0.384 e. The van der Waals surface area contributed by atoms with Gasteiger partial charge in [-0.05, 0) is 57.0 Å². The van der Waals surface area contributed by atoms with Gasteiger partial charge < -0.3 is 9.64 Å². The number of allylic oxidation sites excluding steroid dienone is 2. The summed E-state index contributed by atoms with van der Waals surface area (Å²) in [4.78, 5) is 2.66. The molecule has 0 radical (unpaired) electrons. The SMILES string of the molecule is COCC1CCN(C[C@H]2CC=CCC2)CC1. The third-order valence-electron chi connectivity index (χ3n) is 4.00. The molecule has 0 aromatic carbocycles. The second-order valence-electron chi connectivity index (χ2n) is 5.35. The van der Waals surface area contributed by atoms with Crippen LogP contribution in [0.4, 0.5) is 0 Å². The zero-order valence-electron chi connectivity index (χ0n) is 10.5. The molecule has 1 aliphatic heterocycles. The first-order valence-electron chi connectivity index (χ1n) is 6.74. The molecule has 0 N–H and O–H groups in total. The number of methoxy groups -OCH3 is 1. The van der Waals surface area contributed by atoms with Gasteiger partial charge in [0.25, 0.3) is 0 Å². The molecule has 0 spiro atoms. The van der Waals surface area contributed by atoms with E-state index in [1.807, 2.05) is 7.11 Å². The summed E-state index contributed by atoms with van der Waals surface area (Å²) in [6.07, 6.45) is 11.4. The average Bonchev–Trinajstić information content (AvgIpc) is 2.33. The van der Waals surface area contributed by atoms with Gasteiger partial charge in [-0.25, -0.2) is 0 Å². The fraction of sp³-hybridized carbons (Fsp3) is 0.857. The van der Waals surface area contributed by atoms with Crippen LogP contribution in [0, 0.1) is 11.8 Å². The molecule has 1 aliphatic carbocycles. The van der Waals surface area contributed by atoms with E-state index in [1.165, 1.54) is 51.7 Å². The Balaban J connectivity index is 1.66. The molecule has 1 fully saturated rings. The fourth-order valence-corrected chi connectivity index (χ4v) is 2.96. The minimum atomic E-state index is 0.813. The van der Waals surface area contributed by atoms with E-state index in [4.69, 9.17) is 4.74 Å². The van der Waals surface area contributed by atoms with Crippen molar-refractivity contribution in [1.82, 2.24) is 4.90 Å². The van der Waals surface area contributed by atoms with E-state index in [-0.39, 0.29) is 0 Å². The fourth-order valence-electron chi connectivity index (χ4n) is 2.96. The van der Waals surface area contributed by atoms with Crippen molar-refractivity contribution in [2.24, 2.45) is 11.8 Å². The normalized spacial score (nSPS) is 28.4. The summed E-state index contributed by atoms with van der Waals surface area (Å²) in [5.41, 5.74) is 0. The molecule has 92 valence electrons. The predicted molar refractivity (Wildman–Crippen MR) is 67.5 cm³/mol. The molecule has 0 aromatic rings. The Labute approximate surface area is 99.7 Å². The molecular formula is C14H25NO. The van der Waals surface area contributed by atoms with E-state index >= 15 is 0 Å². The maximum atomic E-state index is 5.24. The molecule has 2 nitrogen and oxygen atoms in total. The van der Waals surface area contributed by atoms with Crippen LogP contribution >= 0.6 is 0 Å². The first kappa shape index (κ1) is 12.1. The van der Waals surface area contributed by atoms with E-state index < -0.39 is 0 Å². The number of hydrogen-bond acceptors (Lipinski definition) is 2. The highest BCUT2D eigenvalue weighted by Gasteiger charge is 2.21. The standard InChI is InChI=1S/C14H25NO/c1-16-12-14-7-9-15(10-8-14)11-13-5-3-2-4-6-13/h2-3,13-14H,4-12H2,1H3/t13-/m0/s1. The van der Waals surface area contributed by atoms with E-state index in [0.717, 1.165) is 18.4 Å². The molecule has 0 aromatic heterocycles. The molecule has 1 saturated heterocycles. The Morgan fingerprint density at radius 3 is 2.56 bits per heavy atom. The van der Waals surface area contributed by atoms with Crippen LogP contribution in [0.1, 0.15) is 32.1 Å². The number of hydrogen-bond donors (Lipinski definition) is 0. The minimum Gasteiger partial charge on any atom is -0.384 e. The summed E-state index contributed by atoms with van der Waals surface area (Å²) in [6, 6.07) is 0. The summed E-state index contributed by atoms with van der Waals surface area (Å²) < 4.78 is 5.24. The lowest BCUT2D eigenvalue weighted by Gasteiger charge is -2.34. The lowest BCUT2D eigenvalue weighted by Crippen LogP contribution is -2.38. The second-order valence-corrected chi connectivity index (χ2v) is 5.35. The molecule has 2 aliphatic rings. The maximum Gasteiger partial charge on any atom is 0.0491 e. The van der Waals surface area contributed by atoms with Crippen molar-refractivity contribution in [2.75, 3.05) is 33.4 Å². The minimum absolute atomic E-state index is 0.813. The van der Waals surface area contributed by atoms with Crippen LogP contribution in [0.3, 0.4) is 0 Å². The summed E-state index contributed by atoms with van der Waals surface area (Å²) in [5, 5.41) is 0. The number of likely N-dealkylation sites (tertiary alicyclic amines) is 1. The van der Waals surface area contributed by atoms with Gasteiger partial charge >= 0.3 is 0 Å². The topological polar surface area (TPSA) is 12.5 Å². The van der Waals surface area contributed by atoms with E-state index in [0.29, 0.717) is 0 Å². The summed E-state index contributed by atoms with van der Waals surface area (Å²) in [5.74, 6) is 1.73. The molecule has 2 rings (SSSR count). The quantitative estimate of drug-likeness (QED) is 0.679. The van der Waals surface area contributed by atoms with Crippen LogP contribution in [-0.2, 0) is 4.74 Å². The third kappa shape index (κ3) is 3.60. The highest BCUT2D eigenvalue weighted by molar-refractivity contribution is 4.91. The molecule has 0 unspecified atom stereocenters. The average molecular weight is 223 g/mol. The van der Waals surface area contributed by atoms with Gasteiger partial charge in [-0.3, -0.25) is 0 Å². The zero-order valence-corrected chi connectivity index (χ0v) is 10.5. The van der Waals surface area contributed by atoms with Gasteiger partial charge in [0.1, 0.15) is 0 Å². The number of rotatable bonds is 4. The first-order chi connectivity index (χ1) is 7.88. The van der Waals surface area contributed by atoms with E-state index in [9.17, 15) is 0 Å². The van der Waals surface area contributed by atoms with Crippen molar-refractivity contribution in [3.8, 4) is 0 Å². The van der Waals surface area contributed by atoms with Crippen LogP contribution in [-0.4, -0.2) is 38.3 Å². The van der Waals surface area contributed by atoms with E-state index in [1.54, 1.807) is 0 Å². The van der Waals surface area contributed by atoms with Gasteiger partial charge in [-0.2, -0.15) is 0 Å². The Bertz CT molecular complexity index is 219. The Morgan fingerprint density at radius 1 is 1.12 bits per heavy atom. The van der Waals surface area contributed by atoms with Gasteiger partial charge in [-0.1, -0.05) is 12.2 Å². The van der Waals surface area contributed by atoms with Crippen molar-refractivity contribution in [1.29, 1.82) is 0 Å². The molecule has 0 amide bonds. The maximum absolute atomic E-state index is 5.24. The van der Waals surface area contributed by atoms with Crippen LogP contribution in [0.15, 0.2) is 12.2 Å². The Hall–Kier alpha value is -0.340. The van der Waals surface area contributed by atoms with Crippen LogP contribution < -0.4 is 0 Å². The molecule has 1 atom stereocenters. The van der Waals surface area contributed by atoms with Crippen LogP contribution in [0.25, 0.3) is 0 Å². The number of nitrogens with zero attached hydrogens (tertiary/aromatic N) is 1. The van der Waals surface area contributed by atoms with Crippen molar-refractivity contribution in [3.63, 3.8) is 0 Å². The molecule has 16 heavy (non-hydrogen) atoms. The van der Waals surface area contributed by atoms with Crippen LogP contribution in [0.2, 0.25) is 0 Å². The third-order valence-corrected chi connectivity index (χ3v) is 4.00. The van der Waals surface area contributed by atoms with Crippen LogP contribution in [0.5, 0.6) is 0 Å². The molecule has 0 saturated carbocycles. The molecule has 2 heteroatoms. The van der Waals surface area contributed by atoms with Gasteiger partial charge in [0.05, 0.1) is 0 Å². The van der Waals surface area contributed by atoms with Crippen molar-refractivity contribution in [3.05, 3.63) is 12.2 Å². The van der Waals surface area contributed by atoms with Gasteiger partial charge in [0.15, 0.2) is 0 Å².